The van der Waals surface area contributed by atoms with Crippen molar-refractivity contribution in [3.05, 3.63) is 0 Å². The molecule has 1 aliphatic rings. The summed E-state index contributed by atoms with van der Waals surface area (Å²) in [6, 6.07) is 0. The van der Waals surface area contributed by atoms with Crippen molar-refractivity contribution < 1.29 is 107 Å². The second kappa shape index (κ2) is 20.7. The summed E-state index contributed by atoms with van der Waals surface area (Å²) >= 11 is 0. The summed E-state index contributed by atoms with van der Waals surface area (Å²) in [4.78, 5) is 38.1. The van der Waals surface area contributed by atoms with Crippen molar-refractivity contribution in [1.29, 1.82) is 0 Å². The van der Waals surface area contributed by atoms with Gasteiger partial charge in [-0.3, -0.25) is 29.1 Å². The van der Waals surface area contributed by atoms with Crippen molar-refractivity contribution in [1.82, 2.24) is 20.0 Å². The van der Waals surface area contributed by atoms with E-state index in [0.717, 1.165) is 0 Å². The van der Waals surface area contributed by atoms with Gasteiger partial charge in [-0.15, -0.1) is 0 Å². The molecule has 0 spiro atoms. The Hall–Kier alpha value is 0.445. The van der Waals surface area contributed by atoms with Crippen LogP contribution in [0.2, 0.25) is 0 Å². The van der Waals surface area contributed by atoms with Crippen molar-refractivity contribution in [2.75, 3.05) is 72.0 Å². The van der Waals surface area contributed by atoms with Gasteiger partial charge < -0.3 is 57.9 Å². The number of carboxylic acid groups (broad SMARTS) is 3. The molecule has 0 aromatic carbocycles. The number of carboxylic acids is 3. The van der Waals surface area contributed by atoms with E-state index in [1.807, 2.05) is 0 Å². The topological polar surface area (TPSA) is 134 Å². The van der Waals surface area contributed by atoms with Crippen LogP contribution < -0.4 is 42.5 Å². The third-order valence-electron chi connectivity index (χ3n) is 3.75. The monoisotopic (exact) mass is 609 g/mol. The number of nitrogens with zero attached hydrogens (tertiary/aromatic N) is 3. The first-order valence-electron chi connectivity index (χ1n) is 7.90. The molecule has 0 unspecified atom stereocenters. The number of carbonyl (C=O) groups is 3. The van der Waals surface area contributed by atoms with Gasteiger partial charge in [0.1, 0.15) is 0 Å². The minimum absolute atomic E-state index is 0. The summed E-state index contributed by atoms with van der Waals surface area (Å²) in [7, 11) is 0. The molecule has 0 aromatic heterocycles. The molecule has 0 aromatic rings. The summed E-state index contributed by atoms with van der Waals surface area (Å²) in [5.41, 5.74) is 0. The van der Waals surface area contributed by atoms with Gasteiger partial charge >= 0.3 is 17.9 Å². The van der Waals surface area contributed by atoms with Gasteiger partial charge in [0, 0.05) is 92.3 Å². The predicted octanol–water partition coefficient (Wildman–Crippen LogP) is -11.2. The van der Waals surface area contributed by atoms with Gasteiger partial charge in [0.2, 0.25) is 0 Å². The van der Waals surface area contributed by atoms with Crippen LogP contribution in [0.25, 0.3) is 0 Å². The minimum atomic E-state index is -0.960. The molecular weight excluding hydrogens is 584 g/mol. The number of hydrogen-bond acceptors (Lipinski definition) is 7. The van der Waals surface area contributed by atoms with E-state index in [1.54, 1.807) is 14.7 Å². The average molecular weight is 610 g/mol. The molecule has 10 nitrogen and oxygen atoms in total. The molecule has 1 heterocycles. The number of nitrogens with one attached hydrogen (secondary N) is 1. The fraction of sp³-hybridized carbons (Fsp3) is 0.786. The molecule has 170 valence electrons. The van der Waals surface area contributed by atoms with Crippen molar-refractivity contribution in [3.63, 3.8) is 0 Å². The SMILES string of the molecule is O=C(O)CN1CCNCCN(CC(=O)O)CCN(CC(=O)O)CC1.[Cl-].[Cl-].[Cl-].[Gd]. The molecule has 28 heavy (non-hydrogen) atoms. The molecule has 0 saturated carbocycles. The Labute approximate surface area is 215 Å². The molecule has 0 aliphatic carbocycles. The van der Waals surface area contributed by atoms with Gasteiger partial charge in [-0.25, -0.2) is 0 Å². The van der Waals surface area contributed by atoms with Crippen molar-refractivity contribution in [2.45, 2.75) is 0 Å². The van der Waals surface area contributed by atoms with Crippen molar-refractivity contribution >= 4 is 17.9 Å². The Morgan fingerprint density at radius 1 is 0.607 bits per heavy atom. The maximum atomic E-state index is 11.0. The van der Waals surface area contributed by atoms with Crippen LogP contribution in [0.5, 0.6) is 0 Å². The van der Waals surface area contributed by atoms with Crippen molar-refractivity contribution in [2.24, 2.45) is 0 Å². The third kappa shape index (κ3) is 18.5. The van der Waals surface area contributed by atoms with Gasteiger partial charge in [-0.05, 0) is 0 Å². The molecule has 1 saturated heterocycles. The van der Waals surface area contributed by atoms with Crippen LogP contribution in [-0.4, -0.2) is 120 Å². The van der Waals surface area contributed by atoms with Crippen LogP contribution in [-0.2, 0) is 14.4 Å². The summed E-state index contributed by atoms with van der Waals surface area (Å²) < 4.78 is 0. The van der Waals surface area contributed by atoms with Crippen LogP contribution in [0.1, 0.15) is 0 Å². The van der Waals surface area contributed by atoms with E-state index in [4.69, 9.17) is 15.3 Å². The average Bonchev–Trinajstić information content (AvgIpc) is 2.45. The Morgan fingerprint density at radius 3 is 1.11 bits per heavy atom. The quantitative estimate of drug-likeness (QED) is 0.230. The predicted molar refractivity (Wildman–Crippen MR) is 85.1 cm³/mol. The van der Waals surface area contributed by atoms with E-state index in [-0.39, 0.29) is 96.8 Å². The van der Waals surface area contributed by atoms with E-state index < -0.39 is 17.9 Å². The molecule has 0 bridgehead atoms. The maximum absolute atomic E-state index is 11.0. The van der Waals surface area contributed by atoms with Crippen LogP contribution in [0.4, 0.5) is 0 Å². The van der Waals surface area contributed by atoms with E-state index in [2.05, 4.69) is 5.32 Å². The van der Waals surface area contributed by atoms with Gasteiger partial charge in [-0.2, -0.15) is 0 Å². The van der Waals surface area contributed by atoms with Crippen LogP contribution in [0, 0.1) is 39.9 Å². The molecular formula is C14H26Cl3GdN4O6-3. The molecule has 1 aliphatic heterocycles. The molecule has 0 amide bonds. The van der Waals surface area contributed by atoms with Gasteiger partial charge in [0.25, 0.3) is 0 Å². The largest absolute Gasteiger partial charge is 1.00 e. The van der Waals surface area contributed by atoms with Crippen LogP contribution >= 0.6 is 0 Å². The summed E-state index contributed by atoms with van der Waals surface area (Å²) in [5.74, 6) is -2.79. The molecule has 0 radical (unpaired) electrons. The molecule has 4 N–H and O–H groups in total. The summed E-state index contributed by atoms with van der Waals surface area (Å²) in [6.45, 7) is 3.64. The van der Waals surface area contributed by atoms with Gasteiger partial charge in [-0.1, -0.05) is 0 Å². The number of halogens is 3. The molecule has 14 heteroatoms. The summed E-state index contributed by atoms with van der Waals surface area (Å²) in [6.07, 6.45) is 0. The normalized spacial score (nSPS) is 17.1. The van der Waals surface area contributed by atoms with Gasteiger partial charge in [0.15, 0.2) is 0 Å². The molecule has 0 atom stereocenters. The number of hydrogen-bond donors (Lipinski definition) is 4. The first-order valence-corrected chi connectivity index (χ1v) is 7.90. The second-order valence-electron chi connectivity index (χ2n) is 5.76. The second-order valence-corrected chi connectivity index (χ2v) is 5.76. The van der Waals surface area contributed by atoms with Crippen LogP contribution in [0.15, 0.2) is 0 Å². The zero-order valence-corrected chi connectivity index (χ0v) is 19.7. The van der Waals surface area contributed by atoms with Crippen LogP contribution in [0.3, 0.4) is 0 Å². The number of aliphatic carboxylic acids is 3. The fourth-order valence-electron chi connectivity index (χ4n) is 2.55. The molecule has 1 rings (SSSR count). The smallest absolute Gasteiger partial charge is 0.317 e. The zero-order chi connectivity index (χ0) is 17.9. The minimum Gasteiger partial charge on any atom is -1.00 e. The Kier molecular flexibility index (Phi) is 26.5. The third-order valence-corrected chi connectivity index (χ3v) is 3.75. The fourth-order valence-corrected chi connectivity index (χ4v) is 2.55. The van der Waals surface area contributed by atoms with Gasteiger partial charge in [0.05, 0.1) is 19.6 Å². The zero-order valence-electron chi connectivity index (χ0n) is 15.2. The molecule has 1 fully saturated rings. The maximum Gasteiger partial charge on any atom is 0.317 e. The van der Waals surface area contributed by atoms with E-state index in [0.29, 0.717) is 52.4 Å². The van der Waals surface area contributed by atoms with E-state index >= 15 is 0 Å². The Morgan fingerprint density at radius 2 is 0.857 bits per heavy atom. The first kappa shape index (κ1) is 35.9. The first-order chi connectivity index (χ1) is 11.4. The number of rotatable bonds is 6. The summed E-state index contributed by atoms with van der Waals surface area (Å²) in [5, 5.41) is 30.1. The standard InChI is InChI=1S/C14H26N4O6.3ClH.Gd/c19-12(20)9-16-3-1-15-2-4-17(10-13(21)22)6-8-18(7-5-16)11-14(23)24;;;;/h15H,1-11H2,(H,19,20)(H,21,22)(H,23,24);3*1H;/p-3. The Balaban J connectivity index is -0.000000720. The van der Waals surface area contributed by atoms with E-state index in [1.165, 1.54) is 0 Å². The Bertz CT molecular complexity index is 423. The van der Waals surface area contributed by atoms with E-state index in [9.17, 15) is 14.4 Å². The van der Waals surface area contributed by atoms with Crippen molar-refractivity contribution in [3.8, 4) is 0 Å².